The predicted octanol–water partition coefficient (Wildman–Crippen LogP) is 4.81. The van der Waals surface area contributed by atoms with Gasteiger partial charge in [0.15, 0.2) is 14.9 Å². The third-order valence-corrected chi connectivity index (χ3v) is 10.8. The molecule has 2 aliphatic heterocycles. The van der Waals surface area contributed by atoms with Gasteiger partial charge in [0.25, 0.3) is 5.91 Å². The zero-order valence-electron chi connectivity index (χ0n) is 25.1. The molecule has 5 rings (SSSR count). The van der Waals surface area contributed by atoms with E-state index >= 15 is 0 Å². The lowest BCUT2D eigenvalue weighted by Gasteiger charge is -2.44. The Morgan fingerprint density at radius 3 is 2.51 bits per heavy atom. The van der Waals surface area contributed by atoms with Crippen LogP contribution in [0.4, 0.5) is 11.4 Å². The fourth-order valence-corrected chi connectivity index (χ4v) is 8.04. The van der Waals surface area contributed by atoms with E-state index in [-0.39, 0.29) is 43.9 Å². The number of methoxy groups -OCH3 is 1. The summed E-state index contributed by atoms with van der Waals surface area (Å²) < 4.78 is 18.3. The molecule has 1 unspecified atom stereocenters. The zero-order chi connectivity index (χ0) is 30.7. The van der Waals surface area contributed by atoms with Crippen LogP contribution in [0.5, 0.6) is 11.5 Å². The van der Waals surface area contributed by atoms with Crippen LogP contribution in [0.1, 0.15) is 30.6 Å². The summed E-state index contributed by atoms with van der Waals surface area (Å²) in [5.41, 5.74) is 2.68. The van der Waals surface area contributed by atoms with Crippen molar-refractivity contribution < 1.29 is 33.7 Å². The number of fused-ring (bicyclic) bond motifs is 2. The number of anilines is 2. The van der Waals surface area contributed by atoms with Gasteiger partial charge in [-0.05, 0) is 49.0 Å². The summed E-state index contributed by atoms with van der Waals surface area (Å²) in [6.45, 7) is 6.03. The van der Waals surface area contributed by atoms with Gasteiger partial charge in [-0.2, -0.15) is 0 Å². The van der Waals surface area contributed by atoms with Gasteiger partial charge in [-0.1, -0.05) is 49.4 Å². The maximum Gasteiger partial charge on any atom is 0.269 e. The number of aliphatic hydroxyl groups excluding tert-OH is 1. The number of hydrogen-bond donors (Lipinski definition) is 2. The van der Waals surface area contributed by atoms with Crippen molar-refractivity contribution in [1.29, 1.82) is 0 Å². The van der Waals surface area contributed by atoms with Crippen molar-refractivity contribution in [1.82, 2.24) is 4.90 Å². The van der Waals surface area contributed by atoms with E-state index in [1.165, 1.54) is 0 Å². The van der Waals surface area contributed by atoms with Gasteiger partial charge in [-0.25, -0.2) is 0 Å². The Labute approximate surface area is 253 Å². The fourth-order valence-electron chi connectivity index (χ4n) is 6.19. The van der Waals surface area contributed by atoms with Crippen molar-refractivity contribution in [2.45, 2.75) is 50.7 Å². The van der Waals surface area contributed by atoms with E-state index in [0.717, 1.165) is 11.1 Å². The van der Waals surface area contributed by atoms with Crippen LogP contribution in [0.3, 0.4) is 0 Å². The highest BCUT2D eigenvalue weighted by atomic mass is 28.4. The maximum atomic E-state index is 13.7. The minimum absolute atomic E-state index is 0.0553. The molecule has 0 bridgehead atoms. The highest BCUT2D eigenvalue weighted by Crippen LogP contribution is 2.48. The van der Waals surface area contributed by atoms with Crippen molar-refractivity contribution in [2.24, 2.45) is 5.92 Å². The van der Waals surface area contributed by atoms with Gasteiger partial charge < -0.3 is 29.0 Å². The second kappa shape index (κ2) is 12.9. The Bertz CT molecular complexity index is 1440. The van der Waals surface area contributed by atoms with Crippen molar-refractivity contribution in [3.63, 3.8) is 0 Å². The second-order valence-corrected chi connectivity index (χ2v) is 15.8. The molecule has 2 aliphatic rings. The summed E-state index contributed by atoms with van der Waals surface area (Å²) in [5, 5.41) is 9.70. The first-order valence-corrected chi connectivity index (χ1v) is 17.7. The molecule has 3 aromatic carbocycles. The lowest BCUT2D eigenvalue weighted by atomic mass is 9.86. The molecule has 0 fully saturated rings. The molecular formula is C33H40N2O7Si. The number of benzene rings is 3. The Hall–Kier alpha value is -3.70. The summed E-state index contributed by atoms with van der Waals surface area (Å²) in [4.78, 5) is 41.4. The number of aliphatic hydroxyl groups is 1. The number of nitrogens with zero attached hydrogens (tertiary/aromatic N) is 2. The molecular weight excluding hydrogens is 564 g/mol. The minimum Gasteiger partial charge on any atom is -0.490 e. The molecule has 228 valence electrons. The third-order valence-electron chi connectivity index (χ3n) is 8.41. The lowest BCUT2D eigenvalue weighted by Crippen LogP contribution is -2.50. The normalized spacial score (nSPS) is 20.4. The maximum absolute atomic E-state index is 13.7. The number of carbonyl (C=O) groups is 2. The Morgan fingerprint density at radius 2 is 1.81 bits per heavy atom. The smallest absolute Gasteiger partial charge is 0.269 e. The highest BCUT2D eigenvalue weighted by Gasteiger charge is 2.47. The first-order chi connectivity index (χ1) is 20.6. The number of ether oxygens (including phenoxy) is 3. The molecule has 0 aromatic heterocycles. The van der Waals surface area contributed by atoms with E-state index in [9.17, 15) is 19.5 Å². The van der Waals surface area contributed by atoms with E-state index in [0.29, 0.717) is 29.4 Å². The van der Waals surface area contributed by atoms with Gasteiger partial charge in [0.2, 0.25) is 5.91 Å². The van der Waals surface area contributed by atoms with Gasteiger partial charge in [-0.15, -0.1) is 0 Å². The average molecular weight is 605 g/mol. The van der Waals surface area contributed by atoms with Gasteiger partial charge in [0.1, 0.15) is 17.6 Å². The largest absolute Gasteiger partial charge is 0.490 e. The molecule has 0 radical (unpaired) electrons. The quantitative estimate of drug-likeness (QED) is 0.320. The number of para-hydroxylation sites is 2. The molecule has 0 saturated heterocycles. The molecule has 10 heteroatoms. The highest BCUT2D eigenvalue weighted by molar-refractivity contribution is 6.71. The Kier molecular flexibility index (Phi) is 9.21. The third kappa shape index (κ3) is 6.47. The first kappa shape index (κ1) is 30.7. The van der Waals surface area contributed by atoms with E-state index in [4.69, 9.17) is 14.2 Å². The second-order valence-electron chi connectivity index (χ2n) is 11.8. The van der Waals surface area contributed by atoms with E-state index in [1.54, 1.807) is 16.9 Å². The van der Waals surface area contributed by atoms with Crippen LogP contribution in [0, 0.1) is 5.92 Å². The predicted molar refractivity (Wildman–Crippen MR) is 166 cm³/mol. The zero-order valence-corrected chi connectivity index (χ0v) is 26.1. The Balaban J connectivity index is 1.43. The van der Waals surface area contributed by atoms with Gasteiger partial charge in [0, 0.05) is 49.3 Å². The van der Waals surface area contributed by atoms with Gasteiger partial charge in [0.05, 0.1) is 18.4 Å². The minimum atomic E-state index is -2.95. The molecule has 43 heavy (non-hydrogen) atoms. The van der Waals surface area contributed by atoms with Crippen LogP contribution in [0.2, 0.25) is 18.6 Å². The summed E-state index contributed by atoms with van der Waals surface area (Å²) in [6.07, 6.45) is -0.801. The topological polar surface area (TPSA) is 109 Å². The molecule has 9 nitrogen and oxygen atoms in total. The van der Waals surface area contributed by atoms with Crippen LogP contribution in [0.15, 0.2) is 72.8 Å². The monoisotopic (exact) mass is 604 g/mol. The number of carbonyl (C=O) groups excluding carboxylic acids is 2. The standard InChI is InChI=1S/C33H40N2O7Si/c1-22-32(40-2)25-18-24(35-26-12-8-9-13-28(26)41-21-31(35)38)14-15-27(25)42-33(22)29(43(3,4)39)19-30(37)34(16-17-36)20-23-10-6-5-7-11-23/h5-15,18,22,29,32-33,36,39H,16-17,19-21H2,1-4H3/t22-,29?,32-,33-/m1/s1. The molecule has 0 aliphatic carbocycles. The summed E-state index contributed by atoms with van der Waals surface area (Å²) in [6, 6.07) is 22.7. The summed E-state index contributed by atoms with van der Waals surface area (Å²) in [5.74, 6) is 0.702. The summed E-state index contributed by atoms with van der Waals surface area (Å²) in [7, 11) is -1.31. The Morgan fingerprint density at radius 1 is 1.09 bits per heavy atom. The number of rotatable bonds is 10. The summed E-state index contributed by atoms with van der Waals surface area (Å²) >= 11 is 0. The fraction of sp³-hybridized carbons (Fsp3) is 0.394. The van der Waals surface area contributed by atoms with Crippen LogP contribution < -0.4 is 14.4 Å². The molecule has 0 saturated carbocycles. The lowest BCUT2D eigenvalue weighted by molar-refractivity contribution is -0.133. The molecule has 3 aromatic rings. The van der Waals surface area contributed by atoms with E-state index in [2.05, 4.69) is 0 Å². The van der Waals surface area contributed by atoms with E-state index in [1.807, 2.05) is 92.8 Å². The molecule has 2 amide bonds. The molecule has 2 heterocycles. The van der Waals surface area contributed by atoms with Crippen molar-refractivity contribution >= 4 is 31.5 Å². The van der Waals surface area contributed by atoms with Crippen LogP contribution in [-0.2, 0) is 20.9 Å². The molecule has 4 atom stereocenters. The number of amides is 2. The molecule has 0 spiro atoms. The van der Waals surface area contributed by atoms with Gasteiger partial charge in [-0.3, -0.25) is 14.5 Å². The van der Waals surface area contributed by atoms with Crippen LogP contribution >= 0.6 is 0 Å². The molecule has 2 N–H and O–H groups in total. The van der Waals surface area contributed by atoms with Gasteiger partial charge >= 0.3 is 0 Å². The van der Waals surface area contributed by atoms with Crippen molar-refractivity contribution in [2.75, 3.05) is 31.8 Å². The average Bonchev–Trinajstić information content (AvgIpc) is 2.99. The number of hydrogen-bond acceptors (Lipinski definition) is 7. The van der Waals surface area contributed by atoms with Crippen molar-refractivity contribution in [3.8, 4) is 11.5 Å². The van der Waals surface area contributed by atoms with Crippen molar-refractivity contribution in [3.05, 3.63) is 83.9 Å². The van der Waals surface area contributed by atoms with Crippen LogP contribution in [-0.4, -0.2) is 67.9 Å². The first-order valence-electron chi connectivity index (χ1n) is 14.7. The SMILES string of the molecule is CO[C@H]1c2cc(N3C(=O)COc4ccccc43)ccc2O[C@@H](C(CC(=O)N(CCO)Cc2ccccc2)[Si](C)(C)O)[C@@H]1C. The van der Waals surface area contributed by atoms with E-state index < -0.39 is 26.1 Å². The van der Waals surface area contributed by atoms with Crippen LogP contribution in [0.25, 0.3) is 0 Å².